The van der Waals surface area contributed by atoms with Crippen molar-refractivity contribution in [3.63, 3.8) is 0 Å². The standard InChI is InChI=1S/C12H12BrN3O/c1-16(2)12-11(7-14-8-15-12)17-10-5-3-9(13)4-6-10/h3-8H,1-2H3. The molecule has 0 unspecified atom stereocenters. The number of rotatable bonds is 3. The van der Waals surface area contributed by atoms with Gasteiger partial charge < -0.3 is 9.64 Å². The number of anilines is 1. The van der Waals surface area contributed by atoms with E-state index in [4.69, 9.17) is 4.74 Å². The Bertz CT molecular complexity index is 499. The zero-order valence-electron chi connectivity index (χ0n) is 9.59. The Labute approximate surface area is 108 Å². The monoisotopic (exact) mass is 293 g/mol. The zero-order valence-corrected chi connectivity index (χ0v) is 11.2. The second-order valence-electron chi connectivity index (χ2n) is 3.66. The summed E-state index contributed by atoms with van der Waals surface area (Å²) in [6.07, 6.45) is 3.16. The molecule has 0 saturated carbocycles. The fourth-order valence-electron chi connectivity index (χ4n) is 1.35. The van der Waals surface area contributed by atoms with Crippen LogP contribution in [0.2, 0.25) is 0 Å². The van der Waals surface area contributed by atoms with E-state index in [1.165, 1.54) is 6.33 Å². The SMILES string of the molecule is CN(C)c1ncncc1Oc1ccc(Br)cc1. The highest BCUT2D eigenvalue weighted by Crippen LogP contribution is 2.28. The van der Waals surface area contributed by atoms with E-state index < -0.39 is 0 Å². The Morgan fingerprint density at radius 3 is 2.53 bits per heavy atom. The molecule has 2 aromatic rings. The van der Waals surface area contributed by atoms with Crippen molar-refractivity contribution in [3.8, 4) is 11.5 Å². The summed E-state index contributed by atoms with van der Waals surface area (Å²) in [5, 5.41) is 0. The van der Waals surface area contributed by atoms with E-state index in [0.717, 1.165) is 16.0 Å². The highest BCUT2D eigenvalue weighted by atomic mass is 79.9. The van der Waals surface area contributed by atoms with Crippen molar-refractivity contribution in [2.24, 2.45) is 0 Å². The van der Waals surface area contributed by atoms with Crippen molar-refractivity contribution in [2.75, 3.05) is 19.0 Å². The highest BCUT2D eigenvalue weighted by molar-refractivity contribution is 9.10. The fraction of sp³-hybridized carbons (Fsp3) is 0.167. The second kappa shape index (κ2) is 5.14. The predicted octanol–water partition coefficient (Wildman–Crippen LogP) is 3.10. The minimum Gasteiger partial charge on any atom is -0.452 e. The molecule has 0 atom stereocenters. The molecule has 1 aromatic carbocycles. The normalized spacial score (nSPS) is 10.1. The average molecular weight is 294 g/mol. The van der Waals surface area contributed by atoms with Crippen LogP contribution in [0, 0.1) is 0 Å². The van der Waals surface area contributed by atoms with Crippen LogP contribution in [0.15, 0.2) is 41.3 Å². The molecule has 0 bridgehead atoms. The van der Waals surface area contributed by atoms with E-state index in [0.29, 0.717) is 5.75 Å². The van der Waals surface area contributed by atoms with Gasteiger partial charge in [0.05, 0.1) is 6.20 Å². The summed E-state index contributed by atoms with van der Waals surface area (Å²) < 4.78 is 6.75. The van der Waals surface area contributed by atoms with Gasteiger partial charge >= 0.3 is 0 Å². The first-order valence-corrected chi connectivity index (χ1v) is 5.87. The van der Waals surface area contributed by atoms with E-state index in [2.05, 4.69) is 25.9 Å². The molecule has 0 saturated heterocycles. The van der Waals surface area contributed by atoms with Crippen molar-refractivity contribution in [1.82, 2.24) is 9.97 Å². The van der Waals surface area contributed by atoms with Crippen LogP contribution in [0.3, 0.4) is 0 Å². The van der Waals surface area contributed by atoms with E-state index >= 15 is 0 Å². The van der Waals surface area contributed by atoms with Crippen LogP contribution in [-0.4, -0.2) is 24.1 Å². The maximum atomic E-state index is 5.74. The van der Waals surface area contributed by atoms with Gasteiger partial charge in [-0.1, -0.05) is 15.9 Å². The van der Waals surface area contributed by atoms with Crippen molar-refractivity contribution in [3.05, 3.63) is 41.3 Å². The van der Waals surface area contributed by atoms with Crippen molar-refractivity contribution >= 4 is 21.7 Å². The molecule has 1 aromatic heterocycles. The molecule has 0 aliphatic heterocycles. The molecule has 0 amide bonds. The van der Waals surface area contributed by atoms with Crippen LogP contribution in [-0.2, 0) is 0 Å². The Morgan fingerprint density at radius 2 is 1.88 bits per heavy atom. The third kappa shape index (κ3) is 2.94. The first kappa shape index (κ1) is 11.9. The quantitative estimate of drug-likeness (QED) is 0.872. The van der Waals surface area contributed by atoms with Crippen molar-refractivity contribution < 1.29 is 4.74 Å². The van der Waals surface area contributed by atoms with Crippen LogP contribution in [0.5, 0.6) is 11.5 Å². The minimum absolute atomic E-state index is 0.639. The van der Waals surface area contributed by atoms with Crippen LogP contribution < -0.4 is 9.64 Å². The molecule has 0 radical (unpaired) electrons. The van der Waals surface area contributed by atoms with Crippen LogP contribution in [0.4, 0.5) is 5.82 Å². The number of ether oxygens (including phenoxy) is 1. The molecule has 2 rings (SSSR count). The summed E-state index contributed by atoms with van der Waals surface area (Å²) in [6.45, 7) is 0. The van der Waals surface area contributed by atoms with Crippen LogP contribution >= 0.6 is 15.9 Å². The molecule has 0 aliphatic rings. The lowest BCUT2D eigenvalue weighted by Crippen LogP contribution is -2.11. The van der Waals surface area contributed by atoms with E-state index in [1.54, 1.807) is 6.20 Å². The third-order valence-corrected chi connectivity index (χ3v) is 2.65. The van der Waals surface area contributed by atoms with Gasteiger partial charge in [-0.25, -0.2) is 9.97 Å². The third-order valence-electron chi connectivity index (χ3n) is 2.12. The van der Waals surface area contributed by atoms with Gasteiger partial charge in [0.1, 0.15) is 12.1 Å². The van der Waals surface area contributed by atoms with Gasteiger partial charge in [-0.15, -0.1) is 0 Å². The zero-order chi connectivity index (χ0) is 12.3. The van der Waals surface area contributed by atoms with Gasteiger partial charge in [0.2, 0.25) is 0 Å². The van der Waals surface area contributed by atoms with Crippen LogP contribution in [0.1, 0.15) is 0 Å². The van der Waals surface area contributed by atoms with E-state index in [-0.39, 0.29) is 0 Å². The largest absolute Gasteiger partial charge is 0.452 e. The summed E-state index contributed by atoms with van der Waals surface area (Å²) in [7, 11) is 3.83. The summed E-state index contributed by atoms with van der Waals surface area (Å²) in [5.41, 5.74) is 0. The molecule has 88 valence electrons. The maximum Gasteiger partial charge on any atom is 0.188 e. The number of hydrogen-bond acceptors (Lipinski definition) is 4. The smallest absolute Gasteiger partial charge is 0.188 e. The Balaban J connectivity index is 2.26. The molecule has 1 heterocycles. The van der Waals surface area contributed by atoms with Crippen molar-refractivity contribution in [1.29, 1.82) is 0 Å². The highest BCUT2D eigenvalue weighted by Gasteiger charge is 2.08. The van der Waals surface area contributed by atoms with Crippen LogP contribution in [0.25, 0.3) is 0 Å². The Kier molecular flexibility index (Phi) is 3.58. The number of benzene rings is 1. The lowest BCUT2D eigenvalue weighted by molar-refractivity contribution is 0.477. The predicted molar refractivity (Wildman–Crippen MR) is 70.6 cm³/mol. The first-order valence-electron chi connectivity index (χ1n) is 5.07. The van der Waals surface area contributed by atoms with Gasteiger partial charge in [-0.3, -0.25) is 0 Å². The second-order valence-corrected chi connectivity index (χ2v) is 4.58. The summed E-state index contributed by atoms with van der Waals surface area (Å²) >= 11 is 3.38. The number of nitrogens with zero attached hydrogens (tertiary/aromatic N) is 3. The summed E-state index contributed by atoms with van der Waals surface area (Å²) in [5.74, 6) is 2.15. The molecule has 5 heteroatoms. The molecule has 0 fully saturated rings. The lowest BCUT2D eigenvalue weighted by atomic mass is 10.3. The topological polar surface area (TPSA) is 38.2 Å². The minimum atomic E-state index is 0.639. The summed E-state index contributed by atoms with van der Waals surface area (Å²) in [6, 6.07) is 7.62. The van der Waals surface area contributed by atoms with Gasteiger partial charge in [0.15, 0.2) is 11.6 Å². The van der Waals surface area contributed by atoms with Crippen molar-refractivity contribution in [2.45, 2.75) is 0 Å². The van der Waals surface area contributed by atoms with Gasteiger partial charge in [-0.05, 0) is 24.3 Å². The van der Waals surface area contributed by atoms with Gasteiger partial charge in [0.25, 0.3) is 0 Å². The van der Waals surface area contributed by atoms with Gasteiger partial charge in [-0.2, -0.15) is 0 Å². The molecular formula is C12H12BrN3O. The molecule has 4 nitrogen and oxygen atoms in total. The number of halogens is 1. The average Bonchev–Trinajstić information content (AvgIpc) is 2.32. The fourth-order valence-corrected chi connectivity index (χ4v) is 1.61. The first-order chi connectivity index (χ1) is 8.16. The molecule has 17 heavy (non-hydrogen) atoms. The van der Waals surface area contributed by atoms with E-state index in [9.17, 15) is 0 Å². The molecule has 0 spiro atoms. The molecule has 0 N–H and O–H groups in total. The van der Waals surface area contributed by atoms with E-state index in [1.807, 2.05) is 43.3 Å². The Morgan fingerprint density at radius 1 is 1.18 bits per heavy atom. The maximum absolute atomic E-state index is 5.74. The lowest BCUT2D eigenvalue weighted by Gasteiger charge is -2.15. The van der Waals surface area contributed by atoms with Gasteiger partial charge in [0, 0.05) is 18.6 Å². The Hall–Kier alpha value is -1.62. The number of aromatic nitrogens is 2. The number of hydrogen-bond donors (Lipinski definition) is 0. The molecular weight excluding hydrogens is 282 g/mol. The summed E-state index contributed by atoms with van der Waals surface area (Å²) in [4.78, 5) is 10.0. The molecule has 0 aliphatic carbocycles.